The van der Waals surface area contributed by atoms with Gasteiger partial charge in [-0.2, -0.15) is 15.4 Å². The molecule has 2 N–H and O–H groups in total. The van der Waals surface area contributed by atoms with Gasteiger partial charge in [-0.3, -0.25) is 4.79 Å². The van der Waals surface area contributed by atoms with Crippen LogP contribution in [0, 0.1) is 5.92 Å². The Kier molecular flexibility index (Phi) is 4.35. The molecule has 0 aromatic carbocycles. The standard InChI is InChI=1S/C17H22N6O2/c1-25-15-10-23(9-13(15)14-8-20-22-21-14)17(24)12-4-5-16(19-7-12)18-6-11-2-3-11/h4-5,7-8,11,13,15H,2-3,6,9-10H2,1H3,(H,18,19)(H,20,21,22)/t13-,15+/m0/s1. The number of H-pyrrole nitrogens is 1. The molecule has 1 aliphatic heterocycles. The van der Waals surface area contributed by atoms with Crippen molar-refractivity contribution in [3.63, 3.8) is 0 Å². The number of rotatable bonds is 6. The first-order valence-electron chi connectivity index (χ1n) is 8.62. The lowest BCUT2D eigenvalue weighted by atomic mass is 10.0. The summed E-state index contributed by atoms with van der Waals surface area (Å²) in [6.07, 6.45) is 5.84. The van der Waals surface area contributed by atoms with E-state index in [9.17, 15) is 4.79 Å². The number of carbonyl (C=O) groups is 1. The largest absolute Gasteiger partial charge is 0.379 e. The number of aromatic nitrogens is 4. The molecular formula is C17H22N6O2. The molecule has 0 unspecified atom stereocenters. The molecule has 0 spiro atoms. The van der Waals surface area contributed by atoms with Gasteiger partial charge in [0.1, 0.15) is 5.82 Å². The number of anilines is 1. The zero-order valence-electron chi connectivity index (χ0n) is 14.2. The Morgan fingerprint density at radius 3 is 2.88 bits per heavy atom. The number of likely N-dealkylation sites (tertiary alicyclic amines) is 1. The van der Waals surface area contributed by atoms with Crippen molar-refractivity contribution in [3.8, 4) is 0 Å². The van der Waals surface area contributed by atoms with Gasteiger partial charge in [0.2, 0.25) is 0 Å². The van der Waals surface area contributed by atoms with Gasteiger partial charge < -0.3 is 15.0 Å². The van der Waals surface area contributed by atoms with E-state index in [4.69, 9.17) is 4.74 Å². The van der Waals surface area contributed by atoms with E-state index in [2.05, 4.69) is 25.7 Å². The predicted octanol–water partition coefficient (Wildman–Crippen LogP) is 1.28. The van der Waals surface area contributed by atoms with E-state index in [1.165, 1.54) is 12.8 Å². The van der Waals surface area contributed by atoms with Gasteiger partial charge >= 0.3 is 0 Å². The molecule has 1 saturated heterocycles. The molecule has 2 fully saturated rings. The molecule has 2 aromatic rings. The van der Waals surface area contributed by atoms with E-state index >= 15 is 0 Å². The minimum atomic E-state index is -0.0820. The van der Waals surface area contributed by atoms with Crippen LogP contribution in [0.2, 0.25) is 0 Å². The van der Waals surface area contributed by atoms with Crippen molar-refractivity contribution in [3.05, 3.63) is 35.8 Å². The molecule has 2 aliphatic rings. The Balaban J connectivity index is 1.41. The van der Waals surface area contributed by atoms with Gasteiger partial charge in [0.15, 0.2) is 0 Å². The van der Waals surface area contributed by atoms with E-state index in [0.717, 1.165) is 24.0 Å². The second-order valence-electron chi connectivity index (χ2n) is 6.74. The Hall–Kier alpha value is -2.48. The van der Waals surface area contributed by atoms with E-state index in [1.807, 2.05) is 12.1 Å². The number of nitrogens with one attached hydrogen (secondary N) is 2. The van der Waals surface area contributed by atoms with E-state index in [1.54, 1.807) is 24.4 Å². The Bertz CT molecular complexity index is 713. The van der Waals surface area contributed by atoms with Crippen LogP contribution in [-0.4, -0.2) is 64.0 Å². The number of amides is 1. The highest BCUT2D eigenvalue weighted by Crippen LogP contribution is 2.30. The fourth-order valence-corrected chi connectivity index (χ4v) is 3.23. The quantitative estimate of drug-likeness (QED) is 0.821. The topological polar surface area (TPSA) is 96.0 Å². The minimum absolute atomic E-state index is 0.0279. The summed E-state index contributed by atoms with van der Waals surface area (Å²) in [4.78, 5) is 18.9. The van der Waals surface area contributed by atoms with Crippen molar-refractivity contribution in [2.45, 2.75) is 24.9 Å². The van der Waals surface area contributed by atoms with Crippen LogP contribution >= 0.6 is 0 Å². The summed E-state index contributed by atoms with van der Waals surface area (Å²) < 4.78 is 5.54. The lowest BCUT2D eigenvalue weighted by Crippen LogP contribution is -2.30. The smallest absolute Gasteiger partial charge is 0.255 e. The number of hydrogen-bond donors (Lipinski definition) is 2. The summed E-state index contributed by atoms with van der Waals surface area (Å²) >= 11 is 0. The maximum Gasteiger partial charge on any atom is 0.255 e. The van der Waals surface area contributed by atoms with Gasteiger partial charge in [0.25, 0.3) is 5.91 Å². The molecule has 2 atom stereocenters. The SMILES string of the molecule is CO[C@@H]1CN(C(=O)c2ccc(NCC3CC3)nc2)C[C@H]1c1cn[nH]n1. The molecule has 1 aliphatic carbocycles. The second-order valence-corrected chi connectivity index (χ2v) is 6.74. The highest BCUT2D eigenvalue weighted by atomic mass is 16.5. The fourth-order valence-electron chi connectivity index (χ4n) is 3.23. The lowest BCUT2D eigenvalue weighted by molar-refractivity contribution is 0.0714. The van der Waals surface area contributed by atoms with Crippen LogP contribution in [-0.2, 0) is 4.74 Å². The zero-order chi connectivity index (χ0) is 17.2. The number of pyridine rings is 1. The molecule has 0 radical (unpaired) electrons. The summed E-state index contributed by atoms with van der Waals surface area (Å²) in [5, 5.41) is 13.9. The van der Waals surface area contributed by atoms with Crippen LogP contribution in [0.25, 0.3) is 0 Å². The number of hydrogen-bond acceptors (Lipinski definition) is 6. The molecule has 1 saturated carbocycles. The molecule has 132 valence electrons. The second kappa shape index (κ2) is 6.79. The molecule has 1 amide bonds. The van der Waals surface area contributed by atoms with E-state index < -0.39 is 0 Å². The molecular weight excluding hydrogens is 320 g/mol. The summed E-state index contributed by atoms with van der Waals surface area (Å²) in [7, 11) is 1.66. The Morgan fingerprint density at radius 1 is 1.36 bits per heavy atom. The average molecular weight is 342 g/mol. The number of carbonyl (C=O) groups excluding carboxylic acids is 1. The third-order valence-electron chi connectivity index (χ3n) is 4.95. The van der Waals surface area contributed by atoms with Crippen LogP contribution in [0.5, 0.6) is 0 Å². The monoisotopic (exact) mass is 342 g/mol. The predicted molar refractivity (Wildman–Crippen MR) is 91.3 cm³/mol. The molecule has 25 heavy (non-hydrogen) atoms. The molecule has 2 aromatic heterocycles. The zero-order valence-corrected chi connectivity index (χ0v) is 14.2. The normalized spacial score (nSPS) is 23.0. The number of methoxy groups -OCH3 is 1. The molecule has 0 bridgehead atoms. The highest BCUT2D eigenvalue weighted by molar-refractivity contribution is 5.94. The summed E-state index contributed by atoms with van der Waals surface area (Å²) in [6, 6.07) is 3.70. The van der Waals surface area contributed by atoms with Crippen LogP contribution in [0.1, 0.15) is 34.8 Å². The summed E-state index contributed by atoms with van der Waals surface area (Å²) in [6.45, 7) is 2.06. The lowest BCUT2D eigenvalue weighted by Gasteiger charge is -2.16. The van der Waals surface area contributed by atoms with E-state index in [0.29, 0.717) is 18.7 Å². The van der Waals surface area contributed by atoms with Crippen molar-refractivity contribution in [1.82, 2.24) is 25.3 Å². The first-order chi connectivity index (χ1) is 12.2. The number of ether oxygens (including phenoxy) is 1. The maximum absolute atomic E-state index is 12.8. The average Bonchev–Trinajstić information content (AvgIpc) is 3.14. The molecule has 4 rings (SSSR count). The highest BCUT2D eigenvalue weighted by Gasteiger charge is 2.38. The molecule has 8 heteroatoms. The number of aromatic amines is 1. The van der Waals surface area contributed by atoms with Crippen molar-refractivity contribution in [2.24, 2.45) is 5.92 Å². The van der Waals surface area contributed by atoms with Gasteiger partial charge in [-0.15, -0.1) is 0 Å². The van der Waals surface area contributed by atoms with Crippen LogP contribution in [0.3, 0.4) is 0 Å². The Morgan fingerprint density at radius 2 is 2.24 bits per heavy atom. The first kappa shape index (κ1) is 16.0. The van der Waals surface area contributed by atoms with E-state index in [-0.39, 0.29) is 17.9 Å². The minimum Gasteiger partial charge on any atom is -0.379 e. The fraction of sp³-hybridized carbons (Fsp3) is 0.529. The summed E-state index contributed by atoms with van der Waals surface area (Å²) in [5.41, 5.74) is 1.41. The number of nitrogens with zero attached hydrogens (tertiary/aromatic N) is 4. The van der Waals surface area contributed by atoms with Gasteiger partial charge in [-0.05, 0) is 30.9 Å². The van der Waals surface area contributed by atoms with Crippen molar-refractivity contribution in [2.75, 3.05) is 32.1 Å². The molecule has 3 heterocycles. The van der Waals surface area contributed by atoms with Crippen LogP contribution in [0.15, 0.2) is 24.5 Å². The maximum atomic E-state index is 12.8. The van der Waals surface area contributed by atoms with Crippen LogP contribution < -0.4 is 5.32 Å². The van der Waals surface area contributed by atoms with Crippen LogP contribution in [0.4, 0.5) is 5.82 Å². The van der Waals surface area contributed by atoms with Gasteiger partial charge in [-0.1, -0.05) is 0 Å². The Labute approximate surface area is 146 Å². The third kappa shape index (κ3) is 3.48. The molecule has 8 nitrogen and oxygen atoms in total. The van der Waals surface area contributed by atoms with Crippen molar-refractivity contribution in [1.29, 1.82) is 0 Å². The summed E-state index contributed by atoms with van der Waals surface area (Å²) in [5.74, 6) is 1.60. The van der Waals surface area contributed by atoms with Crippen molar-refractivity contribution < 1.29 is 9.53 Å². The van der Waals surface area contributed by atoms with Crippen molar-refractivity contribution >= 4 is 11.7 Å². The van der Waals surface area contributed by atoms with Gasteiger partial charge in [0.05, 0.1) is 29.5 Å². The van der Waals surface area contributed by atoms with Gasteiger partial charge in [-0.25, -0.2) is 4.98 Å². The first-order valence-corrected chi connectivity index (χ1v) is 8.62. The van der Waals surface area contributed by atoms with Gasteiger partial charge in [0, 0.05) is 32.9 Å². The third-order valence-corrected chi connectivity index (χ3v) is 4.95.